The monoisotopic (exact) mass is 382 g/mol. The lowest BCUT2D eigenvalue weighted by Crippen LogP contribution is -2.31. The third-order valence-electron chi connectivity index (χ3n) is 4.14. The van der Waals surface area contributed by atoms with Crippen LogP contribution in [0.1, 0.15) is 46.1 Å². The number of nitrogens with zero attached hydrogens (tertiary/aromatic N) is 2. The summed E-state index contributed by atoms with van der Waals surface area (Å²) in [7, 11) is 0. The fourth-order valence-corrected chi connectivity index (χ4v) is 3.65. The van der Waals surface area contributed by atoms with E-state index >= 15 is 0 Å². The summed E-state index contributed by atoms with van der Waals surface area (Å²) in [4.78, 5) is 30.9. The Balaban J connectivity index is 1.79. The van der Waals surface area contributed by atoms with Crippen molar-refractivity contribution in [1.29, 1.82) is 0 Å². The molecule has 0 unspecified atom stereocenters. The van der Waals surface area contributed by atoms with E-state index in [9.17, 15) is 9.59 Å². The van der Waals surface area contributed by atoms with Crippen molar-refractivity contribution in [3.8, 4) is 0 Å². The van der Waals surface area contributed by atoms with Gasteiger partial charge in [0.25, 0.3) is 5.91 Å². The maximum atomic E-state index is 13.0. The normalized spacial score (nSPS) is 10.7. The van der Waals surface area contributed by atoms with Gasteiger partial charge in [-0.05, 0) is 36.2 Å². The summed E-state index contributed by atoms with van der Waals surface area (Å²) in [5.74, 6) is -0.460. The highest BCUT2D eigenvalue weighted by Crippen LogP contribution is 2.19. The van der Waals surface area contributed by atoms with Crippen LogP contribution in [0.2, 0.25) is 0 Å². The number of esters is 1. The van der Waals surface area contributed by atoms with Crippen LogP contribution in [-0.4, -0.2) is 34.9 Å². The van der Waals surface area contributed by atoms with Gasteiger partial charge in [-0.3, -0.25) is 4.79 Å². The molecule has 3 aromatic rings. The molecule has 0 saturated carbocycles. The minimum absolute atomic E-state index is 0.0320. The summed E-state index contributed by atoms with van der Waals surface area (Å²) >= 11 is 1.37. The Morgan fingerprint density at radius 3 is 2.63 bits per heavy atom. The molecule has 0 bridgehead atoms. The molecule has 1 heterocycles. The van der Waals surface area contributed by atoms with Crippen LogP contribution in [0.3, 0.4) is 0 Å². The van der Waals surface area contributed by atoms with E-state index in [4.69, 9.17) is 4.74 Å². The number of rotatable bonds is 7. The van der Waals surface area contributed by atoms with Crippen molar-refractivity contribution in [2.75, 3.05) is 13.2 Å². The molecule has 6 heteroatoms. The van der Waals surface area contributed by atoms with Gasteiger partial charge in [0.1, 0.15) is 5.01 Å². The smallest absolute Gasteiger partial charge is 0.357 e. The molecule has 0 aliphatic heterocycles. The van der Waals surface area contributed by atoms with E-state index in [1.807, 2.05) is 49.4 Å². The number of hydrogen-bond acceptors (Lipinski definition) is 5. The number of benzene rings is 2. The Labute approximate surface area is 162 Å². The molecule has 0 fully saturated rings. The molecule has 1 amide bonds. The first kappa shape index (κ1) is 19.0. The Kier molecular flexibility index (Phi) is 6.19. The third-order valence-corrected chi connectivity index (χ3v) is 4.97. The fraction of sp³-hybridized carbons (Fsp3) is 0.286. The molecule has 0 radical (unpaired) electrons. The van der Waals surface area contributed by atoms with Crippen LogP contribution in [0.5, 0.6) is 0 Å². The van der Waals surface area contributed by atoms with Crippen molar-refractivity contribution in [1.82, 2.24) is 9.88 Å². The standard InChI is InChI=1S/C21H22N2O3S/c1-3-11-23(13-19-22-18(14-27-19)21(25)26-4-2)20(24)17-10-9-15-7-5-6-8-16(15)12-17/h5-10,12,14H,3-4,11,13H2,1-2H3. The minimum atomic E-state index is -0.428. The van der Waals surface area contributed by atoms with Crippen molar-refractivity contribution >= 4 is 34.0 Å². The molecule has 27 heavy (non-hydrogen) atoms. The van der Waals surface area contributed by atoms with Crippen molar-refractivity contribution in [2.24, 2.45) is 0 Å². The maximum absolute atomic E-state index is 13.0. The number of aromatic nitrogens is 1. The lowest BCUT2D eigenvalue weighted by molar-refractivity contribution is 0.0520. The zero-order valence-electron chi connectivity index (χ0n) is 15.5. The van der Waals surface area contributed by atoms with Gasteiger partial charge in [0.15, 0.2) is 5.69 Å². The summed E-state index contributed by atoms with van der Waals surface area (Å²) in [5, 5.41) is 4.55. The summed E-state index contributed by atoms with van der Waals surface area (Å²) in [6.07, 6.45) is 0.843. The minimum Gasteiger partial charge on any atom is -0.461 e. The lowest BCUT2D eigenvalue weighted by atomic mass is 10.1. The summed E-state index contributed by atoms with van der Waals surface area (Å²) < 4.78 is 4.98. The average Bonchev–Trinajstić information content (AvgIpc) is 3.15. The zero-order valence-corrected chi connectivity index (χ0v) is 16.3. The van der Waals surface area contributed by atoms with E-state index in [0.29, 0.717) is 31.0 Å². The molecular formula is C21H22N2O3S. The number of fused-ring (bicyclic) bond motifs is 1. The van der Waals surface area contributed by atoms with Gasteiger partial charge >= 0.3 is 5.97 Å². The second-order valence-corrected chi connectivity index (χ2v) is 7.08. The van der Waals surface area contributed by atoms with Gasteiger partial charge in [-0.15, -0.1) is 11.3 Å². The zero-order chi connectivity index (χ0) is 19.2. The molecule has 2 aromatic carbocycles. The highest BCUT2D eigenvalue weighted by atomic mass is 32.1. The molecule has 0 aliphatic carbocycles. The molecule has 0 saturated heterocycles. The van der Waals surface area contributed by atoms with Gasteiger partial charge in [0.2, 0.25) is 0 Å². The number of ether oxygens (including phenoxy) is 1. The first-order chi connectivity index (χ1) is 13.1. The van der Waals surface area contributed by atoms with Gasteiger partial charge in [0.05, 0.1) is 13.2 Å². The van der Waals surface area contributed by atoms with Crippen LogP contribution in [-0.2, 0) is 11.3 Å². The highest BCUT2D eigenvalue weighted by molar-refractivity contribution is 7.09. The van der Waals surface area contributed by atoms with Crippen LogP contribution >= 0.6 is 11.3 Å². The molecule has 0 atom stereocenters. The second kappa shape index (κ2) is 8.77. The van der Waals surface area contributed by atoms with Crippen LogP contribution in [0.15, 0.2) is 47.8 Å². The summed E-state index contributed by atoms with van der Waals surface area (Å²) in [5.41, 5.74) is 0.954. The Bertz CT molecular complexity index is 951. The van der Waals surface area contributed by atoms with Gasteiger partial charge in [-0.2, -0.15) is 0 Å². The van der Waals surface area contributed by atoms with Crippen LogP contribution < -0.4 is 0 Å². The Hall–Kier alpha value is -2.73. The molecule has 5 nitrogen and oxygen atoms in total. The van der Waals surface area contributed by atoms with Crippen molar-refractivity contribution in [3.05, 3.63) is 64.1 Å². The largest absolute Gasteiger partial charge is 0.461 e. The number of carbonyl (C=O) groups is 2. The van der Waals surface area contributed by atoms with Crippen molar-refractivity contribution in [3.63, 3.8) is 0 Å². The van der Waals surface area contributed by atoms with Gasteiger partial charge in [0, 0.05) is 17.5 Å². The predicted octanol–water partition coefficient (Wildman–Crippen LogP) is 4.53. The molecular weight excluding hydrogens is 360 g/mol. The number of carbonyl (C=O) groups excluding carboxylic acids is 2. The van der Waals surface area contributed by atoms with Gasteiger partial charge in [-0.1, -0.05) is 37.3 Å². The summed E-state index contributed by atoms with van der Waals surface area (Å²) in [6, 6.07) is 13.7. The third kappa shape index (κ3) is 4.52. The fourth-order valence-electron chi connectivity index (χ4n) is 2.87. The van der Waals surface area contributed by atoms with Crippen LogP contribution in [0, 0.1) is 0 Å². The number of hydrogen-bond donors (Lipinski definition) is 0. The van der Waals surface area contributed by atoms with Crippen LogP contribution in [0.4, 0.5) is 0 Å². The molecule has 3 rings (SSSR count). The first-order valence-corrected chi connectivity index (χ1v) is 9.90. The number of thiazole rings is 1. The molecule has 0 N–H and O–H groups in total. The van der Waals surface area contributed by atoms with E-state index in [-0.39, 0.29) is 5.91 Å². The Morgan fingerprint density at radius 2 is 1.89 bits per heavy atom. The maximum Gasteiger partial charge on any atom is 0.357 e. The highest BCUT2D eigenvalue weighted by Gasteiger charge is 2.19. The van der Waals surface area contributed by atoms with E-state index in [0.717, 1.165) is 22.2 Å². The van der Waals surface area contributed by atoms with Gasteiger partial charge in [-0.25, -0.2) is 9.78 Å². The molecule has 140 valence electrons. The van der Waals surface area contributed by atoms with Crippen molar-refractivity contribution < 1.29 is 14.3 Å². The van der Waals surface area contributed by atoms with E-state index in [1.54, 1.807) is 17.2 Å². The van der Waals surface area contributed by atoms with E-state index in [2.05, 4.69) is 4.98 Å². The van der Waals surface area contributed by atoms with E-state index < -0.39 is 5.97 Å². The first-order valence-electron chi connectivity index (χ1n) is 9.02. The molecule has 0 aliphatic rings. The molecule has 1 aromatic heterocycles. The second-order valence-electron chi connectivity index (χ2n) is 6.14. The summed E-state index contributed by atoms with van der Waals surface area (Å²) in [6.45, 7) is 5.11. The predicted molar refractivity (Wildman–Crippen MR) is 107 cm³/mol. The van der Waals surface area contributed by atoms with Crippen molar-refractivity contribution in [2.45, 2.75) is 26.8 Å². The topological polar surface area (TPSA) is 59.5 Å². The lowest BCUT2D eigenvalue weighted by Gasteiger charge is -2.21. The molecule has 0 spiro atoms. The average molecular weight is 382 g/mol. The quantitative estimate of drug-likeness (QED) is 0.564. The van der Waals surface area contributed by atoms with E-state index in [1.165, 1.54) is 11.3 Å². The number of amides is 1. The SMILES string of the molecule is CCCN(Cc1nc(C(=O)OCC)cs1)C(=O)c1ccc2ccccc2c1. The van der Waals surface area contributed by atoms with Gasteiger partial charge < -0.3 is 9.64 Å². The Morgan fingerprint density at radius 1 is 1.11 bits per heavy atom. The van der Waals surface area contributed by atoms with Crippen LogP contribution in [0.25, 0.3) is 10.8 Å².